The quantitative estimate of drug-likeness (QED) is 0.242. The Balaban J connectivity index is 1.39. The highest BCUT2D eigenvalue weighted by Gasteiger charge is 2.44. The first-order valence-electron chi connectivity index (χ1n) is 12.9. The summed E-state index contributed by atoms with van der Waals surface area (Å²) >= 11 is 1.52. The van der Waals surface area contributed by atoms with Gasteiger partial charge < -0.3 is 23.8 Å². The summed E-state index contributed by atoms with van der Waals surface area (Å²) in [5.74, 6) is 0.276. The van der Waals surface area contributed by atoms with E-state index in [4.69, 9.17) is 19.2 Å². The first-order valence-corrected chi connectivity index (χ1v) is 13.7. The molecule has 1 N–H and O–H groups in total. The van der Waals surface area contributed by atoms with Crippen LogP contribution in [0.4, 0.5) is 0 Å². The third-order valence-corrected chi connectivity index (χ3v) is 8.01. The van der Waals surface area contributed by atoms with Crippen molar-refractivity contribution in [3.63, 3.8) is 0 Å². The third-order valence-electron chi connectivity index (χ3n) is 6.93. The van der Waals surface area contributed by atoms with Gasteiger partial charge in [0, 0.05) is 30.4 Å². The van der Waals surface area contributed by atoms with E-state index in [1.165, 1.54) is 11.3 Å². The van der Waals surface area contributed by atoms with Gasteiger partial charge in [0.05, 0.1) is 63.1 Å². The van der Waals surface area contributed by atoms with Crippen molar-refractivity contribution < 1.29 is 33.4 Å². The lowest BCUT2D eigenvalue weighted by Crippen LogP contribution is -2.37. The molecular formula is C29H37N2O6S+. The molecule has 3 aromatic rings. The van der Waals surface area contributed by atoms with Crippen LogP contribution < -0.4 is 9.47 Å². The number of ketones is 1. The lowest BCUT2D eigenvalue weighted by atomic mass is 9.76. The Morgan fingerprint density at radius 3 is 2.39 bits per heavy atom. The Morgan fingerprint density at radius 2 is 1.76 bits per heavy atom. The van der Waals surface area contributed by atoms with Gasteiger partial charge in [0.2, 0.25) is 0 Å². The fourth-order valence-corrected chi connectivity index (χ4v) is 5.88. The zero-order valence-corrected chi connectivity index (χ0v) is 23.4. The molecule has 1 aliphatic carbocycles. The summed E-state index contributed by atoms with van der Waals surface area (Å²) in [7, 11) is 7.98. The fourth-order valence-electron chi connectivity index (χ4n) is 4.90. The minimum absolute atomic E-state index is 0.0118. The largest absolute Gasteiger partial charge is 0.493 e. The van der Waals surface area contributed by atoms with Crippen LogP contribution in [0.2, 0.25) is 0 Å². The van der Waals surface area contributed by atoms with Crippen LogP contribution in [-0.4, -0.2) is 80.9 Å². The Morgan fingerprint density at radius 1 is 1.05 bits per heavy atom. The number of Topliss-reactive ketones (excluding diaryl/α,β-unsaturated/α-hetero) is 1. The molecule has 0 unspecified atom stereocenters. The minimum Gasteiger partial charge on any atom is -0.493 e. The molecule has 4 rings (SSSR count). The van der Waals surface area contributed by atoms with Crippen molar-refractivity contribution in [2.45, 2.75) is 32.1 Å². The van der Waals surface area contributed by atoms with Gasteiger partial charge in [-0.2, -0.15) is 0 Å². The molecular weight excluding hydrogens is 504 g/mol. The van der Waals surface area contributed by atoms with Gasteiger partial charge in [0.15, 0.2) is 11.5 Å². The number of aromatic nitrogens is 1. The number of hydrogen-bond acceptors (Lipinski definition) is 7. The number of ether oxygens (including phenoxy) is 3. The van der Waals surface area contributed by atoms with Gasteiger partial charge in [-0.1, -0.05) is 24.3 Å². The number of methoxy groups -OCH3 is 1. The summed E-state index contributed by atoms with van der Waals surface area (Å²) in [6.45, 7) is 2.47. The lowest BCUT2D eigenvalue weighted by molar-refractivity contribution is -0.870. The number of aryl methyl sites for hydroxylation is 1. The normalized spacial score (nSPS) is 14.4. The topological polar surface area (TPSA) is 95.0 Å². The highest BCUT2D eigenvalue weighted by atomic mass is 32.1. The van der Waals surface area contributed by atoms with Crippen molar-refractivity contribution in [3.05, 3.63) is 52.5 Å². The maximum absolute atomic E-state index is 13.4. The maximum Gasteiger partial charge on any atom is 0.304 e. The van der Waals surface area contributed by atoms with Gasteiger partial charge in [0.1, 0.15) is 18.9 Å². The molecule has 1 heterocycles. The van der Waals surface area contributed by atoms with Crippen molar-refractivity contribution in [2.75, 3.05) is 54.6 Å². The van der Waals surface area contributed by atoms with Crippen LogP contribution in [0.5, 0.6) is 11.5 Å². The summed E-state index contributed by atoms with van der Waals surface area (Å²) < 4.78 is 18.9. The lowest BCUT2D eigenvalue weighted by Gasteiger charge is -2.25. The smallest absolute Gasteiger partial charge is 0.304 e. The summed E-state index contributed by atoms with van der Waals surface area (Å²) in [4.78, 5) is 29.8. The van der Waals surface area contributed by atoms with Crippen LogP contribution in [0.25, 0.3) is 10.2 Å². The van der Waals surface area contributed by atoms with E-state index in [0.29, 0.717) is 50.6 Å². The molecule has 0 fully saturated rings. The highest BCUT2D eigenvalue weighted by molar-refractivity contribution is 7.18. The Kier molecular flexibility index (Phi) is 8.70. The van der Waals surface area contributed by atoms with Crippen molar-refractivity contribution in [1.82, 2.24) is 4.98 Å². The van der Waals surface area contributed by atoms with Gasteiger partial charge in [-0.15, -0.1) is 11.3 Å². The number of quaternary nitrogens is 1. The first-order chi connectivity index (χ1) is 18.1. The first kappa shape index (κ1) is 28.0. The molecule has 1 aromatic heterocycles. The van der Waals surface area contributed by atoms with Crippen LogP contribution in [0.15, 0.2) is 36.4 Å². The van der Waals surface area contributed by atoms with Crippen molar-refractivity contribution in [2.24, 2.45) is 5.41 Å². The highest BCUT2D eigenvalue weighted by Crippen LogP contribution is 2.42. The zero-order chi connectivity index (χ0) is 27.3. The van der Waals surface area contributed by atoms with Gasteiger partial charge in [0.25, 0.3) is 0 Å². The Hall–Kier alpha value is -3.01. The number of carboxylic acids is 1. The van der Waals surface area contributed by atoms with Crippen LogP contribution in [0.1, 0.15) is 29.0 Å². The molecule has 0 aliphatic heterocycles. The molecule has 0 saturated heterocycles. The molecule has 0 radical (unpaired) electrons. The van der Waals surface area contributed by atoms with E-state index in [0.717, 1.165) is 37.4 Å². The Bertz CT molecular complexity index is 1270. The second-order valence-electron chi connectivity index (χ2n) is 10.9. The molecule has 1 aliphatic rings. The summed E-state index contributed by atoms with van der Waals surface area (Å²) in [6, 6.07) is 11.6. The molecule has 0 spiro atoms. The number of thiazole rings is 1. The second kappa shape index (κ2) is 11.8. The molecule has 204 valence electrons. The molecule has 8 nitrogen and oxygen atoms in total. The SMILES string of the molecule is COc1cc2sc(CCC(=O)C3(CC(=O)O)Cc4ccccc4C3)nc2cc1OCCOCC[N+](C)(C)C. The van der Waals surface area contributed by atoms with Gasteiger partial charge >= 0.3 is 5.97 Å². The van der Waals surface area contributed by atoms with E-state index in [1.54, 1.807) is 7.11 Å². The molecule has 0 amide bonds. The fraction of sp³-hybridized carbons (Fsp3) is 0.483. The van der Waals surface area contributed by atoms with Gasteiger partial charge in [-0.05, 0) is 24.0 Å². The number of rotatable bonds is 14. The number of hydrogen-bond donors (Lipinski definition) is 1. The number of carbonyl (C=O) groups excluding carboxylic acids is 1. The minimum atomic E-state index is -0.940. The second-order valence-corrected chi connectivity index (χ2v) is 12.1. The van der Waals surface area contributed by atoms with Crippen LogP contribution >= 0.6 is 11.3 Å². The standard InChI is InChI=1S/C29H36N2O6S/c1-31(2,3)11-12-36-13-14-37-24-15-22-25(16-23(24)35-4)38-27(30-22)10-9-26(32)29(19-28(33)34)17-20-7-5-6-8-21(20)18-29/h5-8,15-16H,9-14,17-19H2,1-4H3/p+1. The summed E-state index contributed by atoms with van der Waals surface area (Å²) in [5, 5.41) is 10.4. The Labute approximate surface area is 227 Å². The van der Waals surface area contributed by atoms with E-state index in [9.17, 15) is 14.7 Å². The average Bonchev–Trinajstić information content (AvgIpc) is 3.43. The number of fused-ring (bicyclic) bond motifs is 2. The predicted molar refractivity (Wildman–Crippen MR) is 147 cm³/mol. The van der Waals surface area contributed by atoms with Gasteiger partial charge in [-0.3, -0.25) is 9.59 Å². The number of carbonyl (C=O) groups is 2. The van der Waals surface area contributed by atoms with E-state index >= 15 is 0 Å². The molecule has 2 aromatic carbocycles. The van der Waals surface area contributed by atoms with Gasteiger partial charge in [-0.25, -0.2) is 4.98 Å². The zero-order valence-electron chi connectivity index (χ0n) is 22.6. The number of likely N-dealkylation sites (N-methyl/N-ethyl adjacent to an activating group) is 1. The van der Waals surface area contributed by atoms with E-state index in [2.05, 4.69) is 21.1 Å². The summed E-state index contributed by atoms with van der Waals surface area (Å²) in [6.07, 6.45) is 1.52. The average molecular weight is 542 g/mol. The number of carboxylic acid groups (broad SMARTS) is 1. The molecule has 9 heteroatoms. The van der Waals surface area contributed by atoms with Crippen molar-refractivity contribution in [1.29, 1.82) is 0 Å². The number of benzene rings is 2. The molecule has 0 bridgehead atoms. The third kappa shape index (κ3) is 6.89. The van der Waals surface area contributed by atoms with Crippen molar-refractivity contribution >= 4 is 33.3 Å². The van der Waals surface area contributed by atoms with Crippen LogP contribution in [0, 0.1) is 5.41 Å². The van der Waals surface area contributed by atoms with Crippen LogP contribution in [-0.2, 0) is 33.6 Å². The predicted octanol–water partition coefficient (Wildman–Crippen LogP) is 4.17. The summed E-state index contributed by atoms with van der Waals surface area (Å²) in [5.41, 5.74) is 2.04. The number of aliphatic carboxylic acids is 1. The maximum atomic E-state index is 13.4. The molecule has 38 heavy (non-hydrogen) atoms. The van der Waals surface area contributed by atoms with Crippen molar-refractivity contribution in [3.8, 4) is 11.5 Å². The molecule has 0 saturated carbocycles. The molecule has 0 atom stereocenters. The van der Waals surface area contributed by atoms with E-state index < -0.39 is 11.4 Å². The number of nitrogens with zero attached hydrogens (tertiary/aromatic N) is 2. The van der Waals surface area contributed by atoms with E-state index in [-0.39, 0.29) is 18.6 Å². The van der Waals surface area contributed by atoms with E-state index in [1.807, 2.05) is 36.4 Å². The monoisotopic (exact) mass is 541 g/mol. The van der Waals surface area contributed by atoms with Crippen LogP contribution in [0.3, 0.4) is 0 Å².